The van der Waals surface area contributed by atoms with E-state index in [1.54, 1.807) is 21.9 Å². The van der Waals surface area contributed by atoms with Crippen LogP contribution in [0.4, 0.5) is 0 Å². The van der Waals surface area contributed by atoms with Crippen LogP contribution in [0.5, 0.6) is 5.75 Å². The maximum Gasteiger partial charge on any atom is 0.243 e. The number of ether oxygens (including phenoxy) is 1. The number of nitrogens with zero attached hydrogens (tertiary/aromatic N) is 3. The summed E-state index contributed by atoms with van der Waals surface area (Å²) in [5.74, 6) is 0.520. The van der Waals surface area contributed by atoms with Crippen LogP contribution in [0.1, 0.15) is 19.8 Å². The summed E-state index contributed by atoms with van der Waals surface area (Å²) in [4.78, 5) is 27.5. The minimum atomic E-state index is -3.60. The van der Waals surface area contributed by atoms with Crippen LogP contribution in [0, 0.1) is 0 Å². The van der Waals surface area contributed by atoms with Crippen molar-refractivity contribution in [3.8, 4) is 5.75 Å². The van der Waals surface area contributed by atoms with Crippen molar-refractivity contribution in [3.05, 3.63) is 24.3 Å². The second kappa shape index (κ2) is 8.26. The van der Waals surface area contributed by atoms with Gasteiger partial charge >= 0.3 is 0 Å². The van der Waals surface area contributed by atoms with Crippen molar-refractivity contribution < 1.29 is 22.7 Å². The first-order valence-electron chi connectivity index (χ1n) is 9.20. The molecule has 2 heterocycles. The van der Waals surface area contributed by atoms with Gasteiger partial charge in [0.25, 0.3) is 0 Å². The summed E-state index contributed by atoms with van der Waals surface area (Å²) in [6, 6.07) is 6.36. The van der Waals surface area contributed by atoms with Crippen molar-refractivity contribution in [3.63, 3.8) is 0 Å². The summed E-state index contributed by atoms with van der Waals surface area (Å²) >= 11 is 0. The van der Waals surface area contributed by atoms with Crippen LogP contribution >= 0.6 is 0 Å². The number of rotatable bonds is 6. The van der Waals surface area contributed by atoms with Crippen LogP contribution in [0.15, 0.2) is 29.2 Å². The number of hydrogen-bond acceptors (Lipinski definition) is 5. The molecule has 2 aliphatic heterocycles. The number of likely N-dealkylation sites (tertiary alicyclic amines) is 1. The van der Waals surface area contributed by atoms with E-state index in [9.17, 15) is 18.0 Å². The number of benzene rings is 1. The van der Waals surface area contributed by atoms with E-state index >= 15 is 0 Å². The minimum Gasteiger partial charge on any atom is -0.494 e. The van der Waals surface area contributed by atoms with E-state index in [-0.39, 0.29) is 36.3 Å². The van der Waals surface area contributed by atoms with Crippen molar-refractivity contribution in [1.82, 2.24) is 14.1 Å². The molecule has 0 unspecified atom stereocenters. The first-order chi connectivity index (χ1) is 12.9. The lowest BCUT2D eigenvalue weighted by molar-refractivity contribution is -0.139. The molecule has 3 rings (SSSR count). The molecule has 8 nitrogen and oxygen atoms in total. The number of piperazine rings is 1. The van der Waals surface area contributed by atoms with Gasteiger partial charge in [-0.1, -0.05) is 0 Å². The molecule has 0 atom stereocenters. The van der Waals surface area contributed by atoms with Gasteiger partial charge in [-0.25, -0.2) is 8.42 Å². The largest absolute Gasteiger partial charge is 0.494 e. The predicted octanol–water partition coefficient (Wildman–Crippen LogP) is 0.541. The van der Waals surface area contributed by atoms with Crippen LogP contribution in [-0.4, -0.2) is 80.2 Å². The lowest BCUT2D eigenvalue weighted by Crippen LogP contribution is -2.52. The molecule has 0 aromatic heterocycles. The minimum absolute atomic E-state index is 0.0139. The molecule has 0 radical (unpaired) electrons. The smallest absolute Gasteiger partial charge is 0.243 e. The van der Waals surface area contributed by atoms with Crippen LogP contribution < -0.4 is 4.74 Å². The average Bonchev–Trinajstić information content (AvgIpc) is 3.07. The fourth-order valence-corrected chi connectivity index (χ4v) is 4.76. The van der Waals surface area contributed by atoms with Gasteiger partial charge < -0.3 is 14.5 Å². The molecule has 148 valence electrons. The first kappa shape index (κ1) is 19.6. The fourth-order valence-electron chi connectivity index (χ4n) is 3.34. The van der Waals surface area contributed by atoms with E-state index in [4.69, 9.17) is 4.74 Å². The highest BCUT2D eigenvalue weighted by molar-refractivity contribution is 7.89. The van der Waals surface area contributed by atoms with Crippen LogP contribution in [0.25, 0.3) is 0 Å². The Hall–Kier alpha value is -2.13. The molecule has 2 saturated heterocycles. The molecule has 0 saturated carbocycles. The standard InChI is InChI=1S/C18H25N3O5S/c1-2-26-15-5-7-16(8-6-15)27(24,25)21-12-10-19(11-13-21)18(23)14-20-9-3-4-17(20)22/h5-8H,2-4,9-14H2,1H3. The zero-order valence-corrected chi connectivity index (χ0v) is 16.3. The Labute approximate surface area is 159 Å². The second-order valence-electron chi connectivity index (χ2n) is 6.61. The van der Waals surface area contributed by atoms with E-state index in [1.165, 1.54) is 16.4 Å². The molecule has 0 N–H and O–H groups in total. The van der Waals surface area contributed by atoms with Gasteiger partial charge in [-0.3, -0.25) is 9.59 Å². The van der Waals surface area contributed by atoms with Crippen molar-refractivity contribution in [2.75, 3.05) is 45.9 Å². The van der Waals surface area contributed by atoms with Gasteiger partial charge in [-0.05, 0) is 37.6 Å². The fraction of sp³-hybridized carbons (Fsp3) is 0.556. The molecule has 0 aliphatic carbocycles. The number of carbonyl (C=O) groups is 2. The number of hydrogen-bond donors (Lipinski definition) is 0. The van der Waals surface area contributed by atoms with Gasteiger partial charge in [0.2, 0.25) is 21.8 Å². The predicted molar refractivity (Wildman–Crippen MR) is 98.8 cm³/mol. The van der Waals surface area contributed by atoms with Gasteiger partial charge in [0, 0.05) is 39.1 Å². The summed E-state index contributed by atoms with van der Waals surface area (Å²) in [6.07, 6.45) is 1.29. The summed E-state index contributed by atoms with van der Waals surface area (Å²) in [5, 5.41) is 0. The van der Waals surface area contributed by atoms with E-state index in [1.807, 2.05) is 6.92 Å². The molecule has 27 heavy (non-hydrogen) atoms. The molecule has 1 aromatic rings. The Bertz CT molecular complexity index is 786. The number of amides is 2. The molecule has 0 bridgehead atoms. The molecule has 2 amide bonds. The van der Waals surface area contributed by atoms with Gasteiger partial charge in [0.05, 0.1) is 18.0 Å². The molecule has 1 aromatic carbocycles. The summed E-state index contributed by atoms with van der Waals surface area (Å²) in [6.45, 7) is 4.25. The van der Waals surface area contributed by atoms with E-state index < -0.39 is 10.0 Å². The molecule has 0 spiro atoms. The SMILES string of the molecule is CCOc1ccc(S(=O)(=O)N2CCN(C(=O)CN3CCCC3=O)CC2)cc1. The number of sulfonamides is 1. The van der Waals surface area contributed by atoms with Gasteiger partial charge in [-0.15, -0.1) is 0 Å². The Morgan fingerprint density at radius 1 is 1.07 bits per heavy atom. The Kier molecular flexibility index (Phi) is 6.01. The summed E-state index contributed by atoms with van der Waals surface area (Å²) < 4.78 is 32.3. The summed E-state index contributed by atoms with van der Waals surface area (Å²) in [7, 11) is -3.60. The molecule has 2 aliphatic rings. The van der Waals surface area contributed by atoms with Crippen LogP contribution in [0.3, 0.4) is 0 Å². The molecular weight excluding hydrogens is 370 g/mol. The maximum atomic E-state index is 12.8. The zero-order valence-electron chi connectivity index (χ0n) is 15.5. The third-order valence-electron chi connectivity index (χ3n) is 4.86. The van der Waals surface area contributed by atoms with Crippen molar-refractivity contribution in [1.29, 1.82) is 0 Å². The molecule has 2 fully saturated rings. The van der Waals surface area contributed by atoms with Crippen molar-refractivity contribution in [2.45, 2.75) is 24.7 Å². The second-order valence-corrected chi connectivity index (χ2v) is 8.55. The van der Waals surface area contributed by atoms with E-state index in [2.05, 4.69) is 0 Å². The normalized spacial score (nSPS) is 18.8. The Morgan fingerprint density at radius 3 is 2.30 bits per heavy atom. The lowest BCUT2D eigenvalue weighted by atomic mass is 10.3. The third kappa shape index (κ3) is 4.41. The zero-order chi connectivity index (χ0) is 19.4. The monoisotopic (exact) mass is 395 g/mol. The van der Waals surface area contributed by atoms with E-state index in [0.29, 0.717) is 38.4 Å². The number of carbonyl (C=O) groups excluding carboxylic acids is 2. The quantitative estimate of drug-likeness (QED) is 0.702. The van der Waals surface area contributed by atoms with Crippen molar-refractivity contribution in [2.24, 2.45) is 0 Å². The topological polar surface area (TPSA) is 87.2 Å². The first-order valence-corrected chi connectivity index (χ1v) is 10.6. The maximum absolute atomic E-state index is 12.8. The highest BCUT2D eigenvalue weighted by Gasteiger charge is 2.31. The van der Waals surface area contributed by atoms with Gasteiger partial charge in [-0.2, -0.15) is 4.31 Å². The van der Waals surface area contributed by atoms with Gasteiger partial charge in [0.15, 0.2) is 0 Å². The Morgan fingerprint density at radius 2 is 1.74 bits per heavy atom. The third-order valence-corrected chi connectivity index (χ3v) is 6.77. The summed E-state index contributed by atoms with van der Waals surface area (Å²) in [5.41, 5.74) is 0. The molecular formula is C18H25N3O5S. The van der Waals surface area contributed by atoms with Crippen LogP contribution in [-0.2, 0) is 19.6 Å². The lowest BCUT2D eigenvalue weighted by Gasteiger charge is -2.34. The molecule has 9 heteroatoms. The van der Waals surface area contributed by atoms with E-state index in [0.717, 1.165) is 6.42 Å². The van der Waals surface area contributed by atoms with Gasteiger partial charge in [0.1, 0.15) is 5.75 Å². The average molecular weight is 395 g/mol. The van der Waals surface area contributed by atoms with Crippen molar-refractivity contribution >= 4 is 21.8 Å². The Balaban J connectivity index is 1.57. The highest BCUT2D eigenvalue weighted by atomic mass is 32.2. The van der Waals surface area contributed by atoms with Crippen LogP contribution in [0.2, 0.25) is 0 Å². The highest BCUT2D eigenvalue weighted by Crippen LogP contribution is 2.21.